The second-order valence-corrected chi connectivity index (χ2v) is 7.64. The molecule has 0 aromatic heterocycles. The van der Waals surface area contributed by atoms with Crippen molar-refractivity contribution in [3.8, 4) is 11.5 Å². The summed E-state index contributed by atoms with van der Waals surface area (Å²) in [5.41, 5.74) is 4.56. The summed E-state index contributed by atoms with van der Waals surface area (Å²) >= 11 is 3.35. The lowest BCUT2D eigenvalue weighted by Crippen LogP contribution is -2.33. The fraction of sp³-hybridized carbons (Fsp3) is 0.125. The summed E-state index contributed by atoms with van der Waals surface area (Å²) in [6.45, 7) is 3.50. The quantitative estimate of drug-likeness (QED) is 0.226. The van der Waals surface area contributed by atoms with Crippen LogP contribution in [0.4, 0.5) is 0 Å². The van der Waals surface area contributed by atoms with Gasteiger partial charge in [0.2, 0.25) is 0 Å². The molecular weight excluding hydrogens is 460 g/mol. The fourth-order valence-electron chi connectivity index (χ4n) is 2.62. The summed E-state index contributed by atoms with van der Waals surface area (Å²) in [6.07, 6.45) is 0.790. The number of halogens is 1. The minimum atomic E-state index is -0.707. The Morgan fingerprint density at radius 2 is 1.61 bits per heavy atom. The summed E-state index contributed by atoms with van der Waals surface area (Å²) in [7, 11) is 0. The molecule has 3 rings (SSSR count). The van der Waals surface area contributed by atoms with Crippen molar-refractivity contribution < 1.29 is 19.1 Å². The minimum absolute atomic E-state index is 0.372. The van der Waals surface area contributed by atoms with E-state index in [0.29, 0.717) is 17.1 Å². The van der Waals surface area contributed by atoms with E-state index in [4.69, 9.17) is 9.47 Å². The molecule has 6 nitrogen and oxygen atoms in total. The first-order valence-electron chi connectivity index (χ1n) is 9.55. The number of esters is 1. The van der Waals surface area contributed by atoms with Crippen molar-refractivity contribution >= 4 is 34.0 Å². The molecule has 0 aliphatic carbocycles. The van der Waals surface area contributed by atoms with E-state index in [1.165, 1.54) is 6.21 Å². The maximum absolute atomic E-state index is 12.3. The molecule has 0 aliphatic rings. The smallest absolute Gasteiger partial charge is 0.343 e. The van der Waals surface area contributed by atoms with Crippen LogP contribution in [0.25, 0.3) is 0 Å². The molecule has 0 aliphatic heterocycles. The SMILES string of the molecule is Cc1ccccc1C(=O)Oc1ccc(/C=N\NC(=O)[C@@H](C)Oc2ccc(Br)cc2)cc1. The van der Waals surface area contributed by atoms with Crippen LogP contribution in [-0.4, -0.2) is 24.2 Å². The topological polar surface area (TPSA) is 77.0 Å². The van der Waals surface area contributed by atoms with Crippen LogP contribution in [0.2, 0.25) is 0 Å². The predicted octanol–water partition coefficient (Wildman–Crippen LogP) is 4.89. The van der Waals surface area contributed by atoms with Gasteiger partial charge in [0.25, 0.3) is 5.91 Å². The number of ether oxygens (including phenoxy) is 2. The number of hydrazone groups is 1. The Kier molecular flexibility index (Phi) is 7.56. The molecule has 31 heavy (non-hydrogen) atoms. The Morgan fingerprint density at radius 1 is 0.968 bits per heavy atom. The van der Waals surface area contributed by atoms with Gasteiger partial charge >= 0.3 is 5.97 Å². The van der Waals surface area contributed by atoms with Crippen molar-refractivity contribution in [3.05, 3.63) is 94.0 Å². The van der Waals surface area contributed by atoms with Gasteiger partial charge in [0.15, 0.2) is 6.10 Å². The summed E-state index contributed by atoms with van der Waals surface area (Å²) in [4.78, 5) is 24.4. The molecule has 3 aromatic rings. The molecule has 7 heteroatoms. The molecule has 1 N–H and O–H groups in total. The van der Waals surface area contributed by atoms with Crippen LogP contribution in [0.3, 0.4) is 0 Å². The lowest BCUT2D eigenvalue weighted by molar-refractivity contribution is -0.127. The van der Waals surface area contributed by atoms with Gasteiger partial charge in [-0.3, -0.25) is 4.79 Å². The monoisotopic (exact) mass is 480 g/mol. The number of carbonyl (C=O) groups is 2. The van der Waals surface area contributed by atoms with Crippen molar-refractivity contribution in [1.82, 2.24) is 5.43 Å². The van der Waals surface area contributed by atoms with E-state index in [1.807, 2.05) is 31.2 Å². The third-order valence-corrected chi connectivity index (χ3v) is 4.87. The summed E-state index contributed by atoms with van der Waals surface area (Å²) in [5, 5.41) is 3.95. The number of hydrogen-bond donors (Lipinski definition) is 1. The molecule has 1 atom stereocenters. The van der Waals surface area contributed by atoms with Gasteiger partial charge in [0, 0.05) is 4.47 Å². The van der Waals surface area contributed by atoms with Gasteiger partial charge in [0.05, 0.1) is 11.8 Å². The zero-order chi connectivity index (χ0) is 22.2. The van der Waals surface area contributed by atoms with Crippen molar-refractivity contribution in [2.75, 3.05) is 0 Å². The summed E-state index contributed by atoms with van der Waals surface area (Å²) in [6, 6.07) is 21.2. The van der Waals surface area contributed by atoms with Gasteiger partial charge < -0.3 is 9.47 Å². The molecular formula is C24H21BrN2O4. The van der Waals surface area contributed by atoms with Crippen LogP contribution in [-0.2, 0) is 4.79 Å². The Morgan fingerprint density at radius 3 is 2.29 bits per heavy atom. The molecule has 0 bridgehead atoms. The summed E-state index contributed by atoms with van der Waals surface area (Å²) < 4.78 is 11.9. The molecule has 158 valence electrons. The first-order chi connectivity index (χ1) is 14.9. The third kappa shape index (κ3) is 6.52. The predicted molar refractivity (Wildman–Crippen MR) is 123 cm³/mol. The van der Waals surface area contributed by atoms with Crippen molar-refractivity contribution in [3.63, 3.8) is 0 Å². The van der Waals surface area contributed by atoms with E-state index in [9.17, 15) is 9.59 Å². The molecule has 3 aromatic carbocycles. The Bertz CT molecular complexity index is 1080. The van der Waals surface area contributed by atoms with Crippen molar-refractivity contribution in [2.45, 2.75) is 20.0 Å². The standard InChI is InChI=1S/C24H21BrN2O4/c1-16-5-3-4-6-22(16)24(29)31-21-11-7-18(8-12-21)15-26-27-23(28)17(2)30-20-13-9-19(25)10-14-20/h3-15,17H,1-2H3,(H,27,28)/b26-15-/t17-/m1/s1. The van der Waals surface area contributed by atoms with Crippen molar-refractivity contribution in [2.24, 2.45) is 5.10 Å². The number of carbonyl (C=O) groups excluding carboxylic acids is 2. The Balaban J connectivity index is 1.51. The number of rotatable bonds is 7. The largest absolute Gasteiger partial charge is 0.481 e. The average molecular weight is 481 g/mol. The molecule has 0 spiro atoms. The van der Waals surface area contributed by atoms with Gasteiger partial charge in [-0.05, 0) is 79.6 Å². The zero-order valence-corrected chi connectivity index (χ0v) is 18.6. The van der Waals surface area contributed by atoms with E-state index in [-0.39, 0.29) is 5.91 Å². The first kappa shape index (κ1) is 22.2. The molecule has 0 fully saturated rings. The highest BCUT2D eigenvalue weighted by Crippen LogP contribution is 2.17. The van der Waals surface area contributed by atoms with E-state index in [2.05, 4.69) is 26.5 Å². The molecule has 0 radical (unpaired) electrons. The van der Waals surface area contributed by atoms with Crippen LogP contribution < -0.4 is 14.9 Å². The normalized spacial score (nSPS) is 11.7. The van der Waals surface area contributed by atoms with Gasteiger partial charge in [-0.2, -0.15) is 5.10 Å². The second kappa shape index (κ2) is 10.5. The van der Waals surface area contributed by atoms with E-state index in [1.54, 1.807) is 55.5 Å². The molecule has 0 unspecified atom stereocenters. The number of nitrogens with zero attached hydrogens (tertiary/aromatic N) is 1. The summed E-state index contributed by atoms with van der Waals surface area (Å²) in [5.74, 6) is 0.228. The first-order valence-corrected chi connectivity index (χ1v) is 10.3. The number of nitrogens with one attached hydrogen (secondary N) is 1. The van der Waals surface area contributed by atoms with Gasteiger partial charge in [0.1, 0.15) is 11.5 Å². The Labute approximate surface area is 189 Å². The van der Waals surface area contributed by atoms with Gasteiger partial charge in [-0.15, -0.1) is 0 Å². The number of amides is 1. The third-order valence-electron chi connectivity index (χ3n) is 4.34. The van der Waals surface area contributed by atoms with Crippen LogP contribution in [0.1, 0.15) is 28.4 Å². The highest BCUT2D eigenvalue weighted by atomic mass is 79.9. The van der Waals surface area contributed by atoms with E-state index in [0.717, 1.165) is 15.6 Å². The van der Waals surface area contributed by atoms with Crippen LogP contribution in [0.15, 0.2) is 82.4 Å². The average Bonchev–Trinajstić information content (AvgIpc) is 2.76. The second-order valence-electron chi connectivity index (χ2n) is 6.72. The molecule has 1 amide bonds. The maximum Gasteiger partial charge on any atom is 0.343 e. The lowest BCUT2D eigenvalue weighted by Gasteiger charge is -2.12. The van der Waals surface area contributed by atoms with Crippen LogP contribution >= 0.6 is 15.9 Å². The minimum Gasteiger partial charge on any atom is -0.481 e. The van der Waals surface area contributed by atoms with Crippen LogP contribution in [0.5, 0.6) is 11.5 Å². The number of benzene rings is 3. The number of aryl methyl sites for hydroxylation is 1. The zero-order valence-electron chi connectivity index (χ0n) is 17.0. The van der Waals surface area contributed by atoms with E-state index < -0.39 is 12.1 Å². The van der Waals surface area contributed by atoms with Gasteiger partial charge in [-0.25, -0.2) is 10.2 Å². The fourth-order valence-corrected chi connectivity index (χ4v) is 2.88. The maximum atomic E-state index is 12.3. The highest BCUT2D eigenvalue weighted by molar-refractivity contribution is 9.10. The molecule has 0 saturated carbocycles. The van der Waals surface area contributed by atoms with Gasteiger partial charge in [-0.1, -0.05) is 34.1 Å². The van der Waals surface area contributed by atoms with Crippen LogP contribution in [0, 0.1) is 6.92 Å². The molecule has 0 saturated heterocycles. The van der Waals surface area contributed by atoms with E-state index >= 15 is 0 Å². The number of hydrogen-bond acceptors (Lipinski definition) is 5. The van der Waals surface area contributed by atoms with Crippen molar-refractivity contribution in [1.29, 1.82) is 0 Å². The Hall–Kier alpha value is -3.45. The highest BCUT2D eigenvalue weighted by Gasteiger charge is 2.14. The lowest BCUT2D eigenvalue weighted by atomic mass is 10.1. The molecule has 0 heterocycles.